The second-order valence-electron chi connectivity index (χ2n) is 4.48. The van der Waals surface area contributed by atoms with E-state index < -0.39 is 4.92 Å². The van der Waals surface area contributed by atoms with Gasteiger partial charge in [-0.05, 0) is 18.4 Å². The largest absolute Gasteiger partial charge is 0.371 e. The summed E-state index contributed by atoms with van der Waals surface area (Å²) in [6.45, 7) is 4.05. The molecule has 0 aliphatic carbocycles. The Bertz CT molecular complexity index is 435. The Morgan fingerprint density at radius 1 is 1.53 bits per heavy atom. The zero-order valence-corrected chi connectivity index (χ0v) is 9.72. The van der Waals surface area contributed by atoms with Crippen molar-refractivity contribution in [2.75, 3.05) is 23.4 Å². The molecule has 17 heavy (non-hydrogen) atoms. The van der Waals surface area contributed by atoms with Crippen LogP contribution in [-0.4, -0.2) is 18.0 Å². The molecule has 1 heterocycles. The molecule has 1 aromatic carbocycles. The second kappa shape index (κ2) is 4.58. The number of hydrogen-bond acceptors (Lipinski definition) is 5. The minimum absolute atomic E-state index is 0.0648. The number of nitro benzene ring substituents is 1. The summed E-state index contributed by atoms with van der Waals surface area (Å²) in [7, 11) is 0. The lowest BCUT2D eigenvalue weighted by Gasteiger charge is -2.18. The van der Waals surface area contributed by atoms with Gasteiger partial charge in [-0.3, -0.25) is 16.0 Å². The third-order valence-corrected chi connectivity index (χ3v) is 3.07. The van der Waals surface area contributed by atoms with Gasteiger partial charge in [0.25, 0.3) is 5.69 Å². The van der Waals surface area contributed by atoms with Crippen molar-refractivity contribution in [1.29, 1.82) is 0 Å². The minimum atomic E-state index is -0.399. The molecule has 1 aromatic rings. The second-order valence-corrected chi connectivity index (χ2v) is 4.48. The maximum Gasteiger partial charge on any atom is 0.273 e. The van der Waals surface area contributed by atoms with Gasteiger partial charge < -0.3 is 10.3 Å². The van der Waals surface area contributed by atoms with Gasteiger partial charge in [0.15, 0.2) is 0 Å². The van der Waals surface area contributed by atoms with Crippen LogP contribution in [0.5, 0.6) is 0 Å². The summed E-state index contributed by atoms with van der Waals surface area (Å²) < 4.78 is 0. The van der Waals surface area contributed by atoms with Crippen LogP contribution in [0.3, 0.4) is 0 Å². The average molecular weight is 236 g/mol. The monoisotopic (exact) mass is 236 g/mol. The fourth-order valence-electron chi connectivity index (χ4n) is 2.14. The molecule has 1 aliphatic heterocycles. The maximum atomic E-state index is 10.8. The van der Waals surface area contributed by atoms with Crippen LogP contribution in [-0.2, 0) is 0 Å². The van der Waals surface area contributed by atoms with Crippen LogP contribution < -0.4 is 16.2 Å². The molecule has 92 valence electrons. The van der Waals surface area contributed by atoms with Gasteiger partial charge in [-0.1, -0.05) is 6.92 Å². The summed E-state index contributed by atoms with van der Waals surface area (Å²) in [4.78, 5) is 12.6. The van der Waals surface area contributed by atoms with Crippen molar-refractivity contribution in [2.45, 2.75) is 13.3 Å². The zero-order chi connectivity index (χ0) is 12.4. The maximum absolute atomic E-state index is 10.8. The van der Waals surface area contributed by atoms with Crippen molar-refractivity contribution in [3.05, 3.63) is 28.3 Å². The van der Waals surface area contributed by atoms with E-state index in [1.54, 1.807) is 6.07 Å². The number of rotatable bonds is 3. The van der Waals surface area contributed by atoms with Crippen LogP contribution in [0.1, 0.15) is 13.3 Å². The van der Waals surface area contributed by atoms with Crippen molar-refractivity contribution < 1.29 is 4.92 Å². The molecule has 0 saturated carbocycles. The summed E-state index contributed by atoms with van der Waals surface area (Å²) in [5, 5.41) is 10.8. The lowest BCUT2D eigenvalue weighted by atomic mass is 10.2. The third-order valence-electron chi connectivity index (χ3n) is 3.07. The lowest BCUT2D eigenvalue weighted by molar-refractivity contribution is -0.384. The summed E-state index contributed by atoms with van der Waals surface area (Å²) in [5.74, 6) is 5.95. The van der Waals surface area contributed by atoms with E-state index in [0.29, 0.717) is 11.6 Å². The number of nitrogens with one attached hydrogen (secondary N) is 1. The van der Waals surface area contributed by atoms with E-state index >= 15 is 0 Å². The van der Waals surface area contributed by atoms with Crippen LogP contribution >= 0.6 is 0 Å². The Kier molecular flexibility index (Phi) is 3.14. The number of benzene rings is 1. The number of nitrogen functional groups attached to an aromatic ring is 1. The number of nitro groups is 1. The normalized spacial score (nSPS) is 19.4. The Morgan fingerprint density at radius 3 is 2.82 bits per heavy atom. The SMILES string of the molecule is CC1CCN(c2cc(NN)cc([N+](=O)[O-])c2)C1. The molecule has 0 aromatic heterocycles. The number of nitrogens with two attached hydrogens (primary N) is 1. The lowest BCUT2D eigenvalue weighted by Crippen LogP contribution is -2.19. The van der Waals surface area contributed by atoms with Crippen molar-refractivity contribution in [1.82, 2.24) is 0 Å². The standard InChI is InChI=1S/C11H16N4O2/c1-8-2-3-14(7-8)10-4-9(13-12)5-11(6-10)15(16)17/h4-6,8,13H,2-3,7,12H2,1H3. The average Bonchev–Trinajstić information content (AvgIpc) is 2.75. The third kappa shape index (κ3) is 2.47. The molecule has 6 heteroatoms. The number of hydrogen-bond donors (Lipinski definition) is 2. The van der Waals surface area contributed by atoms with E-state index in [-0.39, 0.29) is 5.69 Å². The quantitative estimate of drug-likeness (QED) is 0.474. The first-order chi connectivity index (χ1) is 8.10. The van der Waals surface area contributed by atoms with Crippen LogP contribution in [0, 0.1) is 16.0 Å². The number of anilines is 2. The van der Waals surface area contributed by atoms with Gasteiger partial charge in [-0.2, -0.15) is 0 Å². The molecule has 1 atom stereocenters. The Balaban J connectivity index is 2.32. The molecule has 1 saturated heterocycles. The Hall–Kier alpha value is -1.82. The van der Waals surface area contributed by atoms with Gasteiger partial charge in [-0.15, -0.1) is 0 Å². The van der Waals surface area contributed by atoms with Gasteiger partial charge in [0.1, 0.15) is 0 Å². The van der Waals surface area contributed by atoms with E-state index in [1.165, 1.54) is 6.07 Å². The highest BCUT2D eigenvalue weighted by Crippen LogP contribution is 2.30. The van der Waals surface area contributed by atoms with Crippen molar-refractivity contribution in [3.8, 4) is 0 Å². The molecule has 3 N–H and O–H groups in total. The molecule has 0 amide bonds. The molecule has 6 nitrogen and oxygen atoms in total. The van der Waals surface area contributed by atoms with Crippen LogP contribution in [0.4, 0.5) is 17.1 Å². The molecule has 2 rings (SSSR count). The van der Waals surface area contributed by atoms with E-state index in [0.717, 1.165) is 25.2 Å². The van der Waals surface area contributed by atoms with Crippen molar-refractivity contribution in [3.63, 3.8) is 0 Å². The van der Waals surface area contributed by atoms with Gasteiger partial charge >= 0.3 is 0 Å². The zero-order valence-electron chi connectivity index (χ0n) is 9.72. The van der Waals surface area contributed by atoms with E-state index in [1.807, 2.05) is 6.07 Å². The van der Waals surface area contributed by atoms with Crippen LogP contribution in [0.15, 0.2) is 18.2 Å². The van der Waals surface area contributed by atoms with Gasteiger partial charge in [-0.25, -0.2) is 0 Å². The Labute approximate surface area is 99.5 Å². The number of nitrogens with zero attached hydrogens (tertiary/aromatic N) is 2. The molecule has 1 fully saturated rings. The predicted octanol–water partition coefficient (Wildman–Crippen LogP) is 1.73. The van der Waals surface area contributed by atoms with Crippen molar-refractivity contribution in [2.24, 2.45) is 11.8 Å². The van der Waals surface area contributed by atoms with Crippen molar-refractivity contribution >= 4 is 17.1 Å². The molecule has 1 aliphatic rings. The highest BCUT2D eigenvalue weighted by molar-refractivity contribution is 5.64. The molecular weight excluding hydrogens is 220 g/mol. The van der Waals surface area contributed by atoms with E-state index in [9.17, 15) is 10.1 Å². The van der Waals surface area contributed by atoms with E-state index in [4.69, 9.17) is 5.84 Å². The number of hydrazine groups is 1. The Morgan fingerprint density at radius 2 is 2.29 bits per heavy atom. The topological polar surface area (TPSA) is 84.4 Å². The molecule has 0 radical (unpaired) electrons. The van der Waals surface area contributed by atoms with Crippen LogP contribution in [0.2, 0.25) is 0 Å². The highest BCUT2D eigenvalue weighted by atomic mass is 16.6. The summed E-state index contributed by atoms with van der Waals surface area (Å²) in [6, 6.07) is 4.87. The fourth-order valence-corrected chi connectivity index (χ4v) is 2.14. The smallest absolute Gasteiger partial charge is 0.273 e. The van der Waals surface area contributed by atoms with Gasteiger partial charge in [0, 0.05) is 30.9 Å². The van der Waals surface area contributed by atoms with E-state index in [2.05, 4.69) is 17.2 Å². The molecular formula is C11H16N4O2. The van der Waals surface area contributed by atoms with Crippen LogP contribution in [0.25, 0.3) is 0 Å². The molecule has 0 spiro atoms. The minimum Gasteiger partial charge on any atom is -0.371 e. The molecule has 1 unspecified atom stereocenters. The highest BCUT2D eigenvalue weighted by Gasteiger charge is 2.21. The van der Waals surface area contributed by atoms with Gasteiger partial charge in [0.2, 0.25) is 0 Å². The summed E-state index contributed by atoms with van der Waals surface area (Å²) in [5.41, 5.74) is 3.95. The number of non-ortho nitro benzene ring substituents is 1. The fraction of sp³-hybridized carbons (Fsp3) is 0.455. The summed E-state index contributed by atoms with van der Waals surface area (Å²) >= 11 is 0. The first-order valence-electron chi connectivity index (χ1n) is 5.61. The first-order valence-corrected chi connectivity index (χ1v) is 5.61. The first kappa shape index (κ1) is 11.7. The summed E-state index contributed by atoms with van der Waals surface area (Å²) in [6.07, 6.45) is 1.12. The predicted molar refractivity (Wildman–Crippen MR) is 66.9 cm³/mol. The van der Waals surface area contributed by atoms with Gasteiger partial charge in [0.05, 0.1) is 10.6 Å². The molecule has 0 bridgehead atoms.